The number of anilines is 1. The molecule has 0 aliphatic carbocycles. The number of carboxylic acid groups (broad SMARTS) is 1. The summed E-state index contributed by atoms with van der Waals surface area (Å²) in [4.78, 5) is 33.4. The minimum Gasteiger partial charge on any atom is -0.481 e. The van der Waals surface area contributed by atoms with E-state index < -0.39 is 27.2 Å². The first-order valence-electron chi connectivity index (χ1n) is 9.35. The first-order chi connectivity index (χ1) is 15.6. The van der Waals surface area contributed by atoms with Gasteiger partial charge in [-0.3, -0.25) is 14.4 Å². The zero-order chi connectivity index (χ0) is 24.0. The summed E-state index contributed by atoms with van der Waals surface area (Å²) >= 11 is 0.963. The molecule has 0 spiro atoms. The van der Waals surface area contributed by atoms with Gasteiger partial charge in [0, 0.05) is 12.6 Å². The average Bonchev–Trinajstić information content (AvgIpc) is 3.06. The molecule has 3 N–H and O–H groups in total. The van der Waals surface area contributed by atoms with E-state index in [0.29, 0.717) is 11.3 Å². The number of hydrogen-bond donors (Lipinski definition) is 3. The topological polar surface area (TPSA) is 164 Å². The van der Waals surface area contributed by atoms with Crippen LogP contribution in [0.15, 0.2) is 63.6 Å². The molecule has 1 fully saturated rings. The van der Waals surface area contributed by atoms with Gasteiger partial charge >= 0.3 is 16.1 Å². The highest BCUT2D eigenvalue weighted by molar-refractivity contribution is 8.15. The van der Waals surface area contributed by atoms with E-state index in [-0.39, 0.29) is 28.1 Å². The Balaban J connectivity index is 1.66. The number of amidine groups is 1. The van der Waals surface area contributed by atoms with Gasteiger partial charge < -0.3 is 19.9 Å². The maximum absolute atomic E-state index is 12.5. The molecule has 1 heterocycles. The highest BCUT2D eigenvalue weighted by atomic mass is 32.2. The highest BCUT2D eigenvalue weighted by Crippen LogP contribution is 2.23. The van der Waals surface area contributed by atoms with Crippen molar-refractivity contribution in [3.8, 4) is 5.75 Å². The zero-order valence-electron chi connectivity index (χ0n) is 17.1. The van der Waals surface area contributed by atoms with Gasteiger partial charge in [-0.2, -0.15) is 13.5 Å². The number of benzene rings is 2. The van der Waals surface area contributed by atoms with Crippen molar-refractivity contribution in [2.75, 3.05) is 5.32 Å². The molecule has 1 aliphatic heterocycles. The van der Waals surface area contributed by atoms with Crippen LogP contribution in [0.4, 0.5) is 5.69 Å². The van der Waals surface area contributed by atoms with Crippen molar-refractivity contribution in [1.29, 1.82) is 0 Å². The molecule has 1 aliphatic rings. The number of nitrogens with zero attached hydrogens (tertiary/aromatic N) is 2. The van der Waals surface area contributed by atoms with Gasteiger partial charge in [-0.05, 0) is 42.0 Å². The van der Waals surface area contributed by atoms with E-state index in [9.17, 15) is 22.8 Å². The van der Waals surface area contributed by atoms with Gasteiger partial charge in [-0.25, -0.2) is 0 Å². The quantitative estimate of drug-likeness (QED) is 0.286. The van der Waals surface area contributed by atoms with E-state index in [2.05, 4.69) is 20.8 Å². The van der Waals surface area contributed by atoms with Crippen molar-refractivity contribution in [2.45, 2.75) is 23.5 Å². The Hall–Kier alpha value is -3.71. The third kappa shape index (κ3) is 6.89. The van der Waals surface area contributed by atoms with E-state index in [0.717, 1.165) is 11.8 Å². The van der Waals surface area contributed by atoms with Crippen molar-refractivity contribution in [3.05, 3.63) is 54.1 Å². The van der Waals surface area contributed by atoms with E-state index in [1.54, 1.807) is 12.1 Å². The van der Waals surface area contributed by atoms with Crippen LogP contribution in [0.25, 0.3) is 0 Å². The molecule has 2 amide bonds. The maximum atomic E-state index is 12.5. The normalized spacial score (nSPS) is 17.2. The Morgan fingerprint density at radius 2 is 1.97 bits per heavy atom. The number of amides is 2. The molecule has 2 aromatic carbocycles. The Bertz CT molecular complexity index is 1240. The van der Waals surface area contributed by atoms with E-state index in [1.807, 2.05) is 0 Å². The van der Waals surface area contributed by atoms with Crippen molar-refractivity contribution < 1.29 is 32.1 Å². The van der Waals surface area contributed by atoms with Crippen LogP contribution in [0.5, 0.6) is 5.75 Å². The summed E-state index contributed by atoms with van der Waals surface area (Å²) in [6.07, 6.45) is 0.995. The van der Waals surface area contributed by atoms with Crippen LogP contribution in [-0.2, 0) is 24.5 Å². The summed E-state index contributed by atoms with van der Waals surface area (Å²) in [6, 6.07) is 11.6. The summed E-state index contributed by atoms with van der Waals surface area (Å²) in [5.74, 6) is -1.79. The van der Waals surface area contributed by atoms with Crippen molar-refractivity contribution in [2.24, 2.45) is 10.2 Å². The van der Waals surface area contributed by atoms with Gasteiger partial charge in [0.25, 0.3) is 0 Å². The fourth-order valence-corrected chi connectivity index (χ4v) is 4.46. The number of carboxylic acids is 1. The van der Waals surface area contributed by atoms with Crippen LogP contribution in [0.3, 0.4) is 0 Å². The minimum atomic E-state index is -4.11. The van der Waals surface area contributed by atoms with Crippen LogP contribution in [-0.4, -0.2) is 47.9 Å². The molecular weight excluding hydrogens is 472 g/mol. The molecule has 0 aromatic heterocycles. The lowest BCUT2D eigenvalue weighted by Gasteiger charge is -2.08. The first kappa shape index (κ1) is 23.9. The van der Waals surface area contributed by atoms with Crippen molar-refractivity contribution in [1.82, 2.24) is 5.32 Å². The lowest BCUT2D eigenvalue weighted by Crippen LogP contribution is -2.26. The van der Waals surface area contributed by atoms with Crippen molar-refractivity contribution >= 4 is 56.7 Å². The van der Waals surface area contributed by atoms with Gasteiger partial charge in [0.05, 0.1) is 12.6 Å². The molecule has 11 nitrogen and oxygen atoms in total. The fourth-order valence-electron chi connectivity index (χ4n) is 2.62. The lowest BCUT2D eigenvalue weighted by atomic mass is 10.2. The largest absolute Gasteiger partial charge is 0.481 e. The standard InChI is InChI=1S/C20H18N4O7S2/c1-12(25)22-14-5-7-16(8-6-14)33(29,30)31-15-4-2-3-13(9-15)11-21-24-20-23-19(28)17(32-20)10-18(26)27/h2-9,11,17H,10H2,1H3,(H,22,25)(H,26,27)(H,23,24,28)/b21-11-/t17-/m0/s1. The molecular formula is C20H18N4O7S2. The maximum Gasteiger partial charge on any atom is 0.339 e. The second-order valence-corrected chi connectivity index (χ2v) is 9.40. The molecule has 172 valence electrons. The van der Waals surface area contributed by atoms with Crippen LogP contribution < -0.4 is 14.8 Å². The van der Waals surface area contributed by atoms with E-state index in [1.165, 1.54) is 49.5 Å². The Labute approximate surface area is 193 Å². The molecule has 0 unspecified atom stereocenters. The van der Waals surface area contributed by atoms with Crippen LogP contribution in [0, 0.1) is 0 Å². The molecule has 13 heteroatoms. The van der Waals surface area contributed by atoms with Crippen LogP contribution >= 0.6 is 11.8 Å². The smallest absolute Gasteiger partial charge is 0.339 e. The minimum absolute atomic E-state index is 0.0441. The third-order valence-electron chi connectivity index (χ3n) is 4.02. The van der Waals surface area contributed by atoms with E-state index in [4.69, 9.17) is 9.29 Å². The SMILES string of the molecule is CC(=O)Nc1ccc(S(=O)(=O)Oc2cccc(/C=N\N=C3\NC(=O)[C@H](CC(=O)O)S3)c2)cc1. The Morgan fingerprint density at radius 1 is 1.24 bits per heavy atom. The number of carbonyl (C=O) groups is 3. The second-order valence-electron chi connectivity index (χ2n) is 6.66. The molecule has 0 radical (unpaired) electrons. The Kier molecular flexibility index (Phi) is 7.45. The number of carbonyl (C=O) groups excluding carboxylic acids is 2. The van der Waals surface area contributed by atoms with Gasteiger partial charge in [-0.1, -0.05) is 23.9 Å². The molecule has 0 saturated carbocycles. The summed E-state index contributed by atoms with van der Waals surface area (Å²) < 4.78 is 30.2. The molecule has 2 aromatic rings. The van der Waals surface area contributed by atoms with Gasteiger partial charge in [0.2, 0.25) is 11.8 Å². The van der Waals surface area contributed by atoms with Crippen LogP contribution in [0.1, 0.15) is 18.9 Å². The van der Waals surface area contributed by atoms with Gasteiger partial charge in [0.15, 0.2) is 5.17 Å². The summed E-state index contributed by atoms with van der Waals surface area (Å²) in [5, 5.41) is 20.9. The number of hydrogen-bond acceptors (Lipinski definition) is 9. The molecule has 33 heavy (non-hydrogen) atoms. The average molecular weight is 491 g/mol. The molecule has 3 rings (SSSR count). The summed E-state index contributed by atoms with van der Waals surface area (Å²) in [6.45, 7) is 1.34. The lowest BCUT2D eigenvalue weighted by molar-refractivity contribution is -0.138. The van der Waals surface area contributed by atoms with Gasteiger partial charge in [0.1, 0.15) is 15.9 Å². The zero-order valence-corrected chi connectivity index (χ0v) is 18.7. The molecule has 1 saturated heterocycles. The highest BCUT2D eigenvalue weighted by Gasteiger charge is 2.32. The summed E-state index contributed by atoms with van der Waals surface area (Å²) in [5.41, 5.74) is 0.927. The number of nitrogens with one attached hydrogen (secondary N) is 2. The van der Waals surface area contributed by atoms with Crippen LogP contribution in [0.2, 0.25) is 0 Å². The molecule has 0 bridgehead atoms. The predicted molar refractivity (Wildman–Crippen MR) is 122 cm³/mol. The fraction of sp³-hybridized carbons (Fsp3) is 0.150. The van der Waals surface area contributed by atoms with E-state index >= 15 is 0 Å². The Morgan fingerprint density at radius 3 is 2.64 bits per heavy atom. The summed E-state index contributed by atoms with van der Waals surface area (Å²) in [7, 11) is -4.11. The van der Waals surface area contributed by atoms with Crippen molar-refractivity contribution in [3.63, 3.8) is 0 Å². The predicted octanol–water partition coefficient (Wildman–Crippen LogP) is 1.81. The third-order valence-corrected chi connectivity index (χ3v) is 6.35. The number of aliphatic carboxylic acids is 1. The molecule has 1 atom stereocenters. The number of thioether (sulfide) groups is 1. The van der Waals surface area contributed by atoms with Gasteiger partial charge in [-0.15, -0.1) is 5.10 Å². The second kappa shape index (κ2) is 10.3. The first-order valence-corrected chi connectivity index (χ1v) is 11.6. The number of rotatable bonds is 8. The monoisotopic (exact) mass is 490 g/mol.